The molecule has 1 aliphatic heterocycles. The van der Waals surface area contributed by atoms with Gasteiger partial charge in [0.1, 0.15) is 30.3 Å². The van der Waals surface area contributed by atoms with E-state index in [0.29, 0.717) is 0 Å². The highest BCUT2D eigenvalue weighted by Gasteiger charge is 2.68. The normalized spacial score (nSPS) is 31.7. The first-order chi connectivity index (χ1) is 12.3. The van der Waals surface area contributed by atoms with E-state index in [1.807, 2.05) is 20.8 Å². The Morgan fingerprint density at radius 3 is 2.52 bits per heavy atom. The molecule has 1 saturated carbocycles. The van der Waals surface area contributed by atoms with E-state index >= 15 is 8.78 Å². The number of halogens is 3. The van der Waals surface area contributed by atoms with Crippen molar-refractivity contribution in [1.29, 1.82) is 0 Å². The fraction of sp³-hybridized carbons (Fsp3) is 0.765. The maximum Gasteiger partial charge on any atom is 0.278 e. The molecule has 1 aliphatic carbocycles. The number of nitrogens with two attached hydrogens (primary N) is 1. The fourth-order valence-corrected chi connectivity index (χ4v) is 3.55. The van der Waals surface area contributed by atoms with Crippen LogP contribution in [0.3, 0.4) is 0 Å². The first kappa shape index (κ1) is 20.4. The van der Waals surface area contributed by atoms with Crippen LogP contribution in [0.15, 0.2) is 6.33 Å². The molecule has 0 spiro atoms. The predicted octanol–water partition coefficient (Wildman–Crippen LogP) is 3.09. The average molecular weight is 407 g/mol. The number of hydrogen-bond acceptors (Lipinski definition) is 7. The molecule has 0 radical (unpaired) electrons. The smallest absolute Gasteiger partial charge is 0.278 e. The van der Waals surface area contributed by atoms with Gasteiger partial charge in [0.15, 0.2) is 16.8 Å². The van der Waals surface area contributed by atoms with Crippen molar-refractivity contribution in [1.82, 2.24) is 9.97 Å². The molecule has 4 atom stereocenters. The minimum absolute atomic E-state index is 0.000848. The Balaban J connectivity index is 1.91. The van der Waals surface area contributed by atoms with Crippen LogP contribution in [0.5, 0.6) is 0 Å². The summed E-state index contributed by atoms with van der Waals surface area (Å²) in [5, 5.41) is 2.69. The molecule has 2 unspecified atom stereocenters. The van der Waals surface area contributed by atoms with E-state index in [4.69, 9.17) is 31.5 Å². The Hall–Kier alpha value is -1.29. The zero-order valence-electron chi connectivity index (χ0n) is 15.9. The van der Waals surface area contributed by atoms with Gasteiger partial charge < -0.3 is 25.3 Å². The second-order valence-electron chi connectivity index (χ2n) is 8.32. The molecule has 1 saturated heterocycles. The molecular formula is C17H25ClF2N4O3. The summed E-state index contributed by atoms with van der Waals surface area (Å²) in [6.07, 6.45) is -0.591. The van der Waals surface area contributed by atoms with Gasteiger partial charge in [-0.15, -0.1) is 0 Å². The number of fused-ring (bicyclic) bond motifs is 1. The Labute approximate surface area is 161 Å². The summed E-state index contributed by atoms with van der Waals surface area (Å²) >= 11 is 5.88. The number of nitrogen functional groups attached to an aromatic ring is 1. The van der Waals surface area contributed by atoms with Gasteiger partial charge in [0.05, 0.1) is 18.1 Å². The SMILES string of the molecule is CC(C)(C)OC[C@@H]1C2OC(C)(C)OC2[C@H](Nc2ncnc(Cl)c2N)C1(F)F. The van der Waals surface area contributed by atoms with Crippen LogP contribution >= 0.6 is 11.6 Å². The predicted molar refractivity (Wildman–Crippen MR) is 96.8 cm³/mol. The third-order valence-electron chi connectivity index (χ3n) is 4.62. The zero-order chi connectivity index (χ0) is 20.2. The molecular weight excluding hydrogens is 382 g/mol. The molecule has 0 aromatic carbocycles. The number of nitrogens with zero attached hydrogens (tertiary/aromatic N) is 2. The standard InChI is InChI=1S/C17H25ClF2N4O3/c1-15(2,3)25-6-8-10-11(27-16(4,5)26-10)12(17(8,19)20)24-14-9(21)13(18)22-7-23-14/h7-8,10-12H,6,21H2,1-5H3,(H,22,23,24)/t8-,10?,11?,12+/m1/s1. The van der Waals surface area contributed by atoms with E-state index in [1.54, 1.807) is 13.8 Å². The number of nitrogens with one attached hydrogen (secondary N) is 1. The lowest BCUT2D eigenvalue weighted by atomic mass is 10.0. The number of aromatic nitrogens is 2. The molecule has 0 bridgehead atoms. The van der Waals surface area contributed by atoms with Crippen molar-refractivity contribution in [2.45, 2.75) is 70.2 Å². The van der Waals surface area contributed by atoms with Crippen molar-refractivity contribution in [3.05, 3.63) is 11.5 Å². The van der Waals surface area contributed by atoms with Crippen LogP contribution in [0, 0.1) is 5.92 Å². The third-order valence-corrected chi connectivity index (χ3v) is 4.92. The van der Waals surface area contributed by atoms with Crippen molar-refractivity contribution in [2.75, 3.05) is 17.7 Å². The van der Waals surface area contributed by atoms with Crippen LogP contribution in [0.1, 0.15) is 34.6 Å². The lowest BCUT2D eigenvalue weighted by Crippen LogP contribution is -2.47. The lowest BCUT2D eigenvalue weighted by Gasteiger charge is -2.32. The minimum atomic E-state index is -3.19. The molecule has 1 aromatic rings. The molecule has 7 nitrogen and oxygen atoms in total. The first-order valence-corrected chi connectivity index (χ1v) is 9.09. The fourth-order valence-electron chi connectivity index (χ4n) is 3.42. The number of hydrogen-bond donors (Lipinski definition) is 2. The van der Waals surface area contributed by atoms with Crippen LogP contribution in [0.25, 0.3) is 0 Å². The number of alkyl halides is 2. The van der Waals surface area contributed by atoms with Gasteiger partial charge in [0, 0.05) is 0 Å². The molecule has 3 rings (SSSR count). The van der Waals surface area contributed by atoms with Gasteiger partial charge in [-0.2, -0.15) is 0 Å². The first-order valence-electron chi connectivity index (χ1n) is 8.72. The van der Waals surface area contributed by atoms with Crippen LogP contribution < -0.4 is 11.1 Å². The highest BCUT2D eigenvalue weighted by atomic mass is 35.5. The topological polar surface area (TPSA) is 91.5 Å². The molecule has 152 valence electrons. The van der Waals surface area contributed by atoms with Gasteiger partial charge in [0.25, 0.3) is 5.92 Å². The Bertz CT molecular complexity index is 714. The number of rotatable bonds is 4. The lowest BCUT2D eigenvalue weighted by molar-refractivity contribution is -0.197. The summed E-state index contributed by atoms with van der Waals surface area (Å²) in [7, 11) is 0. The Morgan fingerprint density at radius 2 is 1.89 bits per heavy atom. The molecule has 3 N–H and O–H groups in total. The van der Waals surface area contributed by atoms with E-state index in [1.165, 1.54) is 0 Å². The van der Waals surface area contributed by atoms with Gasteiger partial charge in [-0.1, -0.05) is 11.6 Å². The van der Waals surface area contributed by atoms with Crippen molar-refractivity contribution in [3.63, 3.8) is 0 Å². The monoisotopic (exact) mass is 406 g/mol. The van der Waals surface area contributed by atoms with Gasteiger partial charge >= 0.3 is 0 Å². The zero-order valence-corrected chi connectivity index (χ0v) is 16.7. The summed E-state index contributed by atoms with van der Waals surface area (Å²) in [5.74, 6) is -5.34. The molecule has 2 aliphatic rings. The highest BCUT2D eigenvalue weighted by molar-refractivity contribution is 6.32. The van der Waals surface area contributed by atoms with Crippen molar-refractivity contribution in [2.24, 2.45) is 5.92 Å². The van der Waals surface area contributed by atoms with Gasteiger partial charge in [0.2, 0.25) is 0 Å². The molecule has 2 fully saturated rings. The molecule has 1 aromatic heterocycles. The van der Waals surface area contributed by atoms with Crippen molar-refractivity contribution >= 4 is 23.1 Å². The van der Waals surface area contributed by atoms with Crippen LogP contribution in [0.4, 0.5) is 20.3 Å². The van der Waals surface area contributed by atoms with Crippen molar-refractivity contribution in [3.8, 4) is 0 Å². The summed E-state index contributed by atoms with van der Waals surface area (Å²) < 4.78 is 47.9. The minimum Gasteiger partial charge on any atom is -0.393 e. The van der Waals surface area contributed by atoms with E-state index in [-0.39, 0.29) is 23.3 Å². The van der Waals surface area contributed by atoms with Gasteiger partial charge in [-0.05, 0) is 34.6 Å². The molecule has 0 amide bonds. The van der Waals surface area contributed by atoms with Crippen LogP contribution in [-0.4, -0.2) is 52.1 Å². The van der Waals surface area contributed by atoms with Crippen molar-refractivity contribution < 1.29 is 23.0 Å². The molecule has 27 heavy (non-hydrogen) atoms. The van der Waals surface area contributed by atoms with Gasteiger partial charge in [-0.25, -0.2) is 18.7 Å². The molecule has 10 heteroatoms. The van der Waals surface area contributed by atoms with Crippen LogP contribution in [0.2, 0.25) is 5.15 Å². The van der Waals surface area contributed by atoms with E-state index in [2.05, 4.69) is 15.3 Å². The maximum atomic E-state index is 15.3. The second-order valence-corrected chi connectivity index (χ2v) is 8.68. The summed E-state index contributed by atoms with van der Waals surface area (Å²) in [4.78, 5) is 7.67. The highest BCUT2D eigenvalue weighted by Crippen LogP contribution is 2.51. The molecule has 2 heterocycles. The second kappa shape index (κ2) is 6.65. The number of anilines is 2. The van der Waals surface area contributed by atoms with E-state index in [9.17, 15) is 0 Å². The van der Waals surface area contributed by atoms with Gasteiger partial charge in [-0.3, -0.25) is 0 Å². The third kappa shape index (κ3) is 3.96. The summed E-state index contributed by atoms with van der Waals surface area (Å²) in [6.45, 7) is 8.65. The summed E-state index contributed by atoms with van der Waals surface area (Å²) in [5.41, 5.74) is 5.27. The van der Waals surface area contributed by atoms with Crippen LogP contribution in [-0.2, 0) is 14.2 Å². The van der Waals surface area contributed by atoms with E-state index in [0.717, 1.165) is 6.33 Å². The average Bonchev–Trinajstić information content (AvgIpc) is 2.90. The van der Waals surface area contributed by atoms with E-state index < -0.39 is 41.5 Å². The Morgan fingerprint density at radius 1 is 1.26 bits per heavy atom. The Kier molecular flexibility index (Phi) is 5.03. The quantitative estimate of drug-likeness (QED) is 0.742. The maximum absolute atomic E-state index is 15.3. The largest absolute Gasteiger partial charge is 0.393 e. The number of ether oxygens (including phenoxy) is 3. The summed E-state index contributed by atoms with van der Waals surface area (Å²) in [6, 6.07) is -1.41.